The van der Waals surface area contributed by atoms with Crippen LogP contribution >= 0.6 is 12.0 Å². The fraction of sp³-hybridized carbons (Fsp3) is 0.483. The van der Waals surface area contributed by atoms with E-state index in [9.17, 15) is 0 Å². The third-order valence-electron chi connectivity index (χ3n) is 7.27. The van der Waals surface area contributed by atoms with Crippen molar-refractivity contribution in [2.24, 2.45) is 5.41 Å². The van der Waals surface area contributed by atoms with Crippen molar-refractivity contribution >= 4 is 34.3 Å². The van der Waals surface area contributed by atoms with E-state index in [1.165, 1.54) is 12.0 Å². The molecule has 8 heteroatoms. The number of hydrogen-bond acceptors (Lipinski definition) is 8. The number of fused-ring (bicyclic) bond motifs is 3. The van der Waals surface area contributed by atoms with Gasteiger partial charge in [-0.3, -0.25) is 0 Å². The van der Waals surface area contributed by atoms with Crippen molar-refractivity contribution < 1.29 is 18.4 Å². The molecule has 3 aliphatic rings. The summed E-state index contributed by atoms with van der Waals surface area (Å²) in [6.07, 6.45) is 7.02. The number of nitrogens with one attached hydrogen (secondary N) is 2. The van der Waals surface area contributed by atoms with Gasteiger partial charge in [0.15, 0.2) is 0 Å². The number of aromatic nitrogens is 1. The lowest BCUT2D eigenvalue weighted by Crippen LogP contribution is -2.63. The van der Waals surface area contributed by atoms with Crippen molar-refractivity contribution in [1.82, 2.24) is 4.98 Å². The molecule has 2 aliphatic heterocycles. The lowest BCUT2D eigenvalue weighted by molar-refractivity contribution is -0.224. The molecule has 3 heterocycles. The monoisotopic (exact) mass is 525 g/mol. The second kappa shape index (κ2) is 12.2. The molecule has 0 spiro atoms. The van der Waals surface area contributed by atoms with Crippen LogP contribution in [0.3, 0.4) is 0 Å². The topological polar surface area (TPSA) is 73.9 Å². The molecule has 0 atom stereocenters. The minimum absolute atomic E-state index is 0.0960. The molecular weight excluding hydrogens is 486 g/mol. The Balaban J connectivity index is 0.00000156. The van der Waals surface area contributed by atoms with Gasteiger partial charge in [-0.25, -0.2) is 4.98 Å². The molecule has 0 amide bonds. The summed E-state index contributed by atoms with van der Waals surface area (Å²) in [4.78, 5) is 4.62. The van der Waals surface area contributed by atoms with Gasteiger partial charge in [0, 0.05) is 65.7 Å². The van der Waals surface area contributed by atoms with Crippen molar-refractivity contribution in [2.45, 2.75) is 45.3 Å². The van der Waals surface area contributed by atoms with Gasteiger partial charge in [0.05, 0.1) is 26.4 Å². The second-order valence-corrected chi connectivity index (χ2v) is 10.1. The third-order valence-corrected chi connectivity index (χ3v) is 7.62. The van der Waals surface area contributed by atoms with Gasteiger partial charge in [-0.15, -0.1) is 0 Å². The van der Waals surface area contributed by atoms with Gasteiger partial charge in [0.1, 0.15) is 17.3 Å². The summed E-state index contributed by atoms with van der Waals surface area (Å²) in [6.45, 7) is 7.00. The molecule has 1 saturated carbocycles. The quantitative estimate of drug-likeness (QED) is 0.274. The molecule has 2 aromatic carbocycles. The van der Waals surface area contributed by atoms with Crippen LogP contribution in [0.15, 0.2) is 48.7 Å². The summed E-state index contributed by atoms with van der Waals surface area (Å²) in [5.74, 6) is 2.39. The number of rotatable bonds is 11. The Labute approximate surface area is 224 Å². The molecule has 7 nitrogen and oxygen atoms in total. The van der Waals surface area contributed by atoms with Crippen LogP contribution < -0.4 is 20.1 Å². The van der Waals surface area contributed by atoms with Crippen LogP contribution in [0.2, 0.25) is 0 Å². The van der Waals surface area contributed by atoms with Crippen LogP contribution in [-0.4, -0.2) is 50.8 Å². The first-order valence-corrected chi connectivity index (χ1v) is 14.1. The summed E-state index contributed by atoms with van der Waals surface area (Å²) >= 11 is 1.46. The maximum atomic E-state index is 6.25. The summed E-state index contributed by atoms with van der Waals surface area (Å²) in [6, 6.07) is 14.2. The fourth-order valence-electron chi connectivity index (χ4n) is 5.55. The predicted molar refractivity (Wildman–Crippen MR) is 153 cm³/mol. The Morgan fingerprint density at radius 1 is 1.03 bits per heavy atom. The maximum Gasteiger partial charge on any atom is 0.134 e. The SMILES string of the molecule is CC.COc1ccc(CNc2nccc3c(NCC45CC(COSC)(CCO4)C5)cccc23)c(OC)c1. The number of nitrogens with zero attached hydrogens (tertiary/aromatic N) is 1. The molecule has 200 valence electrons. The molecule has 1 aliphatic carbocycles. The van der Waals surface area contributed by atoms with Crippen molar-refractivity contribution in [1.29, 1.82) is 0 Å². The fourth-order valence-corrected chi connectivity index (χ4v) is 5.92. The van der Waals surface area contributed by atoms with Crippen molar-refractivity contribution in [3.05, 3.63) is 54.2 Å². The maximum absolute atomic E-state index is 6.25. The minimum atomic E-state index is -0.0960. The lowest BCUT2D eigenvalue weighted by Gasteiger charge is -2.60. The van der Waals surface area contributed by atoms with Crippen molar-refractivity contribution in [3.63, 3.8) is 0 Å². The standard InChI is InChI=1S/C27H33N3O4S.C2H6/c1-31-20-8-7-19(24(13-20)32-2)14-29-25-22-5-4-6-23(21(22)9-11-28-25)30-17-27-15-26(16-27,10-12-33-27)18-34-35-3;1-2/h4-9,11,13,30H,10,12,14-18H2,1-3H3,(H,28,29);1-2H3. The van der Waals surface area contributed by atoms with Gasteiger partial charge in [0.2, 0.25) is 0 Å². The van der Waals surface area contributed by atoms with Crippen LogP contribution in [0.5, 0.6) is 11.5 Å². The average molecular weight is 526 g/mol. The molecule has 2 N–H and O–H groups in total. The molecule has 2 saturated heterocycles. The first kappa shape index (κ1) is 27.4. The summed E-state index contributed by atoms with van der Waals surface area (Å²) in [5, 5.41) is 9.38. The molecule has 2 bridgehead atoms. The van der Waals surface area contributed by atoms with E-state index in [0.29, 0.717) is 6.54 Å². The molecule has 37 heavy (non-hydrogen) atoms. The molecule has 3 fully saturated rings. The van der Waals surface area contributed by atoms with E-state index in [4.69, 9.17) is 18.4 Å². The van der Waals surface area contributed by atoms with E-state index in [1.54, 1.807) is 14.2 Å². The number of hydrogen-bond donors (Lipinski definition) is 2. The summed E-state index contributed by atoms with van der Waals surface area (Å²) in [5.41, 5.74) is 2.32. The van der Waals surface area contributed by atoms with E-state index < -0.39 is 0 Å². The smallest absolute Gasteiger partial charge is 0.134 e. The van der Waals surface area contributed by atoms with Gasteiger partial charge < -0.3 is 29.0 Å². The Morgan fingerprint density at radius 3 is 2.62 bits per heavy atom. The van der Waals surface area contributed by atoms with Crippen LogP contribution in [0, 0.1) is 5.41 Å². The lowest BCUT2D eigenvalue weighted by atomic mass is 9.56. The number of ether oxygens (including phenoxy) is 3. The molecule has 6 rings (SSSR count). The second-order valence-electron chi connectivity index (χ2n) is 9.51. The summed E-state index contributed by atoms with van der Waals surface area (Å²) < 4.78 is 22.8. The van der Waals surface area contributed by atoms with E-state index in [1.807, 2.05) is 44.5 Å². The Bertz CT molecular complexity index is 1180. The van der Waals surface area contributed by atoms with Gasteiger partial charge in [-0.2, -0.15) is 0 Å². The largest absolute Gasteiger partial charge is 0.497 e. The Hall–Kier alpha value is -2.68. The first-order chi connectivity index (χ1) is 18.1. The zero-order valence-electron chi connectivity index (χ0n) is 22.6. The summed E-state index contributed by atoms with van der Waals surface area (Å²) in [7, 11) is 3.32. The van der Waals surface area contributed by atoms with E-state index in [2.05, 4.69) is 39.9 Å². The Morgan fingerprint density at radius 2 is 1.86 bits per heavy atom. The van der Waals surface area contributed by atoms with Crippen molar-refractivity contribution in [2.75, 3.05) is 50.9 Å². The molecule has 1 aromatic heterocycles. The van der Waals surface area contributed by atoms with Crippen LogP contribution in [0.4, 0.5) is 11.5 Å². The third kappa shape index (κ3) is 5.92. The Kier molecular flexibility index (Phi) is 9.05. The number of pyridine rings is 1. The molecule has 0 unspecified atom stereocenters. The average Bonchev–Trinajstić information content (AvgIpc) is 2.94. The molecular formula is C29H39N3O4S. The molecule has 0 radical (unpaired) electrons. The number of methoxy groups -OCH3 is 2. The highest BCUT2D eigenvalue weighted by molar-refractivity contribution is 7.93. The highest BCUT2D eigenvalue weighted by Gasteiger charge is 2.58. The zero-order chi connectivity index (χ0) is 26.3. The number of anilines is 2. The van der Waals surface area contributed by atoms with E-state index >= 15 is 0 Å². The zero-order valence-corrected chi connectivity index (χ0v) is 23.4. The van der Waals surface area contributed by atoms with Gasteiger partial charge in [-0.1, -0.05) is 26.0 Å². The molecule has 3 aromatic rings. The predicted octanol–water partition coefficient (Wildman–Crippen LogP) is 6.54. The van der Waals surface area contributed by atoms with Gasteiger partial charge in [-0.05, 0) is 55.6 Å². The highest BCUT2D eigenvalue weighted by Crippen LogP contribution is 2.57. The van der Waals surface area contributed by atoms with Crippen molar-refractivity contribution in [3.8, 4) is 11.5 Å². The van der Waals surface area contributed by atoms with Crippen LogP contribution in [0.25, 0.3) is 10.8 Å². The van der Waals surface area contributed by atoms with E-state index in [0.717, 1.165) is 78.4 Å². The van der Waals surface area contributed by atoms with Crippen LogP contribution in [0.1, 0.15) is 38.7 Å². The first-order valence-electron chi connectivity index (χ1n) is 13.0. The van der Waals surface area contributed by atoms with Gasteiger partial charge >= 0.3 is 0 Å². The van der Waals surface area contributed by atoms with E-state index in [-0.39, 0.29) is 11.0 Å². The minimum Gasteiger partial charge on any atom is -0.497 e. The normalized spacial score (nSPS) is 21.9. The van der Waals surface area contributed by atoms with Gasteiger partial charge in [0.25, 0.3) is 0 Å². The highest BCUT2D eigenvalue weighted by atomic mass is 32.2. The van der Waals surface area contributed by atoms with Crippen LogP contribution in [-0.2, 0) is 15.5 Å². The number of benzene rings is 2.